The van der Waals surface area contributed by atoms with Crippen molar-refractivity contribution in [1.82, 2.24) is 0 Å². The van der Waals surface area contributed by atoms with Gasteiger partial charge >= 0.3 is 0 Å². The molecule has 0 amide bonds. The number of hydrogen-bond donors (Lipinski definition) is 1. The van der Waals surface area contributed by atoms with Crippen molar-refractivity contribution in [3.8, 4) is 5.75 Å². The first-order valence-corrected chi connectivity index (χ1v) is 7.16. The van der Waals surface area contributed by atoms with Gasteiger partial charge in [0.05, 0.1) is 0 Å². The van der Waals surface area contributed by atoms with E-state index in [0.717, 1.165) is 11.3 Å². The molecule has 0 aliphatic rings. The van der Waals surface area contributed by atoms with Crippen LogP contribution in [0.4, 0.5) is 0 Å². The highest BCUT2D eigenvalue weighted by molar-refractivity contribution is 5.83. The number of rotatable bonds is 4. The largest absolute Gasteiger partial charge is 0.489 e. The lowest BCUT2D eigenvalue weighted by Gasteiger charge is -2.10. The number of ether oxygens (including phenoxy) is 1. The highest BCUT2D eigenvalue weighted by Gasteiger charge is 2.02. The minimum absolute atomic E-state index is 0.576. The predicted octanol–water partition coefficient (Wildman–Crippen LogP) is 4.19. The van der Waals surface area contributed by atoms with E-state index < -0.39 is 0 Å². The topological polar surface area (TPSA) is 35.2 Å². The lowest BCUT2D eigenvalue weighted by atomic mass is 10.1. The number of fused-ring (bicyclic) bond motifs is 1. The molecule has 3 aromatic rings. The second-order valence-corrected chi connectivity index (χ2v) is 5.26. The Balaban J connectivity index is 1.77. The summed E-state index contributed by atoms with van der Waals surface area (Å²) in [5, 5.41) is 2.43. The van der Waals surface area contributed by atoms with E-state index in [4.69, 9.17) is 10.5 Å². The minimum Gasteiger partial charge on any atom is -0.489 e. The maximum absolute atomic E-state index is 5.92. The lowest BCUT2D eigenvalue weighted by molar-refractivity contribution is 0.306. The van der Waals surface area contributed by atoms with E-state index in [0.29, 0.717) is 13.2 Å². The van der Waals surface area contributed by atoms with E-state index in [1.165, 1.54) is 21.9 Å². The fourth-order valence-corrected chi connectivity index (χ4v) is 2.47. The molecule has 0 bridgehead atoms. The molecule has 21 heavy (non-hydrogen) atoms. The maximum Gasteiger partial charge on any atom is 0.120 e. The van der Waals surface area contributed by atoms with Crippen molar-refractivity contribution in [1.29, 1.82) is 0 Å². The van der Waals surface area contributed by atoms with Gasteiger partial charge in [-0.2, -0.15) is 0 Å². The van der Waals surface area contributed by atoms with Gasteiger partial charge in [-0.1, -0.05) is 48.5 Å². The second kappa shape index (κ2) is 5.98. The molecule has 106 valence electrons. The molecule has 2 nitrogen and oxygen atoms in total. The Labute approximate surface area is 125 Å². The van der Waals surface area contributed by atoms with Crippen LogP contribution in [0.5, 0.6) is 5.75 Å². The summed E-state index contributed by atoms with van der Waals surface area (Å²) < 4.78 is 5.92. The van der Waals surface area contributed by atoms with E-state index in [-0.39, 0.29) is 0 Å². The molecule has 2 N–H and O–H groups in total. The third-order valence-electron chi connectivity index (χ3n) is 3.76. The molecule has 0 unspecified atom stereocenters. The van der Waals surface area contributed by atoms with Crippen molar-refractivity contribution in [3.63, 3.8) is 0 Å². The van der Waals surface area contributed by atoms with Crippen LogP contribution in [-0.2, 0) is 13.2 Å². The Hall–Kier alpha value is -2.32. The van der Waals surface area contributed by atoms with Crippen molar-refractivity contribution >= 4 is 10.8 Å². The summed E-state index contributed by atoms with van der Waals surface area (Å²) in [4.78, 5) is 0. The van der Waals surface area contributed by atoms with Crippen LogP contribution in [0.2, 0.25) is 0 Å². The average Bonchev–Trinajstić information content (AvgIpc) is 2.53. The van der Waals surface area contributed by atoms with Gasteiger partial charge in [-0.25, -0.2) is 0 Å². The number of nitrogens with two attached hydrogens (primary N) is 1. The van der Waals surface area contributed by atoms with Crippen LogP contribution in [-0.4, -0.2) is 0 Å². The first-order chi connectivity index (χ1) is 10.3. The molecule has 0 saturated heterocycles. The van der Waals surface area contributed by atoms with Gasteiger partial charge in [0.25, 0.3) is 0 Å². The van der Waals surface area contributed by atoms with Crippen LogP contribution in [0.1, 0.15) is 16.7 Å². The molecule has 0 saturated carbocycles. The summed E-state index contributed by atoms with van der Waals surface area (Å²) >= 11 is 0. The molecule has 3 rings (SSSR count). The third kappa shape index (κ3) is 3.06. The number of benzene rings is 3. The molecule has 0 fully saturated rings. The molecule has 0 aliphatic carbocycles. The van der Waals surface area contributed by atoms with E-state index in [1.807, 2.05) is 18.2 Å². The fourth-order valence-electron chi connectivity index (χ4n) is 2.47. The second-order valence-electron chi connectivity index (χ2n) is 5.26. The summed E-state index contributed by atoms with van der Waals surface area (Å²) in [6.45, 7) is 3.25. The van der Waals surface area contributed by atoms with Gasteiger partial charge < -0.3 is 10.5 Å². The Kier molecular flexibility index (Phi) is 3.89. The zero-order valence-corrected chi connectivity index (χ0v) is 12.2. The predicted molar refractivity (Wildman–Crippen MR) is 87.4 cm³/mol. The monoisotopic (exact) mass is 277 g/mol. The summed E-state index contributed by atoms with van der Waals surface area (Å²) in [6.07, 6.45) is 0. The number of hydrogen-bond acceptors (Lipinski definition) is 2. The average molecular weight is 277 g/mol. The zero-order chi connectivity index (χ0) is 14.7. The van der Waals surface area contributed by atoms with Crippen molar-refractivity contribution in [2.75, 3.05) is 0 Å². The molecule has 0 aromatic heterocycles. The van der Waals surface area contributed by atoms with Gasteiger partial charge in [0.15, 0.2) is 0 Å². The maximum atomic E-state index is 5.92. The van der Waals surface area contributed by atoms with Crippen LogP contribution in [0.25, 0.3) is 10.8 Å². The first-order valence-electron chi connectivity index (χ1n) is 7.16. The van der Waals surface area contributed by atoms with Crippen molar-refractivity contribution in [3.05, 3.63) is 77.4 Å². The van der Waals surface area contributed by atoms with E-state index in [9.17, 15) is 0 Å². The Morgan fingerprint density at radius 1 is 0.905 bits per heavy atom. The lowest BCUT2D eigenvalue weighted by Crippen LogP contribution is -2.01. The van der Waals surface area contributed by atoms with Crippen LogP contribution in [0.15, 0.2) is 60.7 Å². The quantitative estimate of drug-likeness (QED) is 0.776. The minimum atomic E-state index is 0.576. The van der Waals surface area contributed by atoms with Crippen LogP contribution >= 0.6 is 0 Å². The molecule has 0 heterocycles. The van der Waals surface area contributed by atoms with Gasteiger partial charge in [-0.05, 0) is 46.5 Å². The van der Waals surface area contributed by atoms with Gasteiger partial charge in [0, 0.05) is 6.54 Å². The van der Waals surface area contributed by atoms with Gasteiger partial charge in [0.2, 0.25) is 0 Å². The smallest absolute Gasteiger partial charge is 0.120 e. The SMILES string of the molecule is Cc1cc(CN)ccc1COc1ccc2ccccc2c1. The van der Waals surface area contributed by atoms with Gasteiger partial charge in [0.1, 0.15) is 12.4 Å². The summed E-state index contributed by atoms with van der Waals surface area (Å²) in [7, 11) is 0. The molecular formula is C19H19NO. The normalized spacial score (nSPS) is 10.8. The molecule has 0 aliphatic heterocycles. The van der Waals surface area contributed by atoms with Gasteiger partial charge in [-0.15, -0.1) is 0 Å². The molecule has 0 spiro atoms. The Bertz CT molecular complexity index is 764. The highest BCUT2D eigenvalue weighted by Crippen LogP contribution is 2.22. The van der Waals surface area contributed by atoms with E-state index in [2.05, 4.69) is 49.4 Å². The zero-order valence-electron chi connectivity index (χ0n) is 12.2. The molecule has 0 radical (unpaired) electrons. The van der Waals surface area contributed by atoms with Crippen LogP contribution in [0.3, 0.4) is 0 Å². The fraction of sp³-hybridized carbons (Fsp3) is 0.158. The molecule has 3 aromatic carbocycles. The summed E-state index contributed by atoms with van der Waals surface area (Å²) in [5.74, 6) is 0.899. The van der Waals surface area contributed by atoms with Crippen molar-refractivity contribution in [2.24, 2.45) is 5.73 Å². The van der Waals surface area contributed by atoms with Crippen molar-refractivity contribution < 1.29 is 4.74 Å². The van der Waals surface area contributed by atoms with Gasteiger partial charge in [-0.3, -0.25) is 0 Å². The molecule has 0 atom stereocenters. The standard InChI is InChI=1S/C19H19NO/c1-14-10-15(12-20)6-7-18(14)13-21-19-9-8-16-4-2-3-5-17(16)11-19/h2-11H,12-13,20H2,1H3. The Morgan fingerprint density at radius 2 is 1.71 bits per heavy atom. The van der Waals surface area contributed by atoms with E-state index >= 15 is 0 Å². The highest BCUT2D eigenvalue weighted by atomic mass is 16.5. The van der Waals surface area contributed by atoms with Crippen LogP contribution in [0, 0.1) is 6.92 Å². The number of aryl methyl sites for hydroxylation is 1. The Morgan fingerprint density at radius 3 is 2.48 bits per heavy atom. The molecular weight excluding hydrogens is 258 g/mol. The van der Waals surface area contributed by atoms with E-state index in [1.54, 1.807) is 0 Å². The third-order valence-corrected chi connectivity index (χ3v) is 3.76. The first kappa shape index (κ1) is 13.7. The summed E-state index contributed by atoms with van der Waals surface area (Å²) in [6, 6.07) is 20.8. The summed E-state index contributed by atoms with van der Waals surface area (Å²) in [5.41, 5.74) is 9.23. The van der Waals surface area contributed by atoms with Crippen LogP contribution < -0.4 is 10.5 Å². The van der Waals surface area contributed by atoms with Crippen molar-refractivity contribution in [2.45, 2.75) is 20.1 Å². The molecule has 2 heteroatoms.